The monoisotopic (exact) mass is 366 g/mol. The van der Waals surface area contributed by atoms with Crippen LogP contribution in [0.4, 0.5) is 0 Å². The van der Waals surface area contributed by atoms with Crippen LogP contribution in [0.5, 0.6) is 0 Å². The van der Waals surface area contributed by atoms with Gasteiger partial charge in [0.05, 0.1) is 30.1 Å². The second-order valence-corrected chi connectivity index (χ2v) is 6.88. The third kappa shape index (κ3) is 2.58. The zero-order valence-corrected chi connectivity index (χ0v) is 15.1. The van der Waals surface area contributed by atoms with Gasteiger partial charge in [-0.15, -0.1) is 0 Å². The first kappa shape index (κ1) is 16.4. The molecule has 5 rings (SSSR count). The Kier molecular flexibility index (Phi) is 3.76. The van der Waals surface area contributed by atoms with Crippen LogP contribution in [-0.2, 0) is 6.54 Å². The topological polar surface area (TPSA) is 61.2 Å². The molecule has 0 aliphatic heterocycles. The van der Waals surface area contributed by atoms with Crippen LogP contribution in [-0.4, -0.2) is 10.5 Å². The molecule has 136 valence electrons. The zero-order chi connectivity index (χ0) is 19.1. The van der Waals surface area contributed by atoms with Crippen molar-refractivity contribution in [3.8, 4) is 11.1 Å². The van der Waals surface area contributed by atoms with Crippen LogP contribution in [0, 0.1) is 0 Å². The predicted octanol–water partition coefficient (Wildman–Crippen LogP) is 5.20. The number of amides is 1. The molecule has 5 aromatic rings. The summed E-state index contributed by atoms with van der Waals surface area (Å²) in [6.07, 6.45) is 3.42. The van der Waals surface area contributed by atoms with Gasteiger partial charge in [0.15, 0.2) is 0 Å². The fourth-order valence-electron chi connectivity index (χ4n) is 3.90. The second kappa shape index (κ2) is 6.43. The van der Waals surface area contributed by atoms with Gasteiger partial charge in [0.1, 0.15) is 0 Å². The van der Waals surface area contributed by atoms with Crippen molar-refractivity contribution in [1.82, 2.24) is 4.57 Å². The Balaban J connectivity index is 1.84. The number of hydrogen-bond acceptors (Lipinski definition) is 2. The Hall–Kier alpha value is -3.79. The molecule has 0 atom stereocenters. The summed E-state index contributed by atoms with van der Waals surface area (Å²) >= 11 is 0. The summed E-state index contributed by atoms with van der Waals surface area (Å²) in [5.41, 5.74) is 11.6. The van der Waals surface area contributed by atoms with Crippen molar-refractivity contribution >= 4 is 27.7 Å². The highest BCUT2D eigenvalue weighted by atomic mass is 16.3. The Labute approximate surface area is 161 Å². The number of nitrogens with two attached hydrogens (primary N) is 1. The maximum Gasteiger partial charge on any atom is 0.249 e. The number of primary amides is 1. The minimum Gasteiger partial charge on any atom is -0.472 e. The molecule has 0 fully saturated rings. The van der Waals surface area contributed by atoms with Gasteiger partial charge in [-0.3, -0.25) is 4.79 Å². The SMILES string of the molecule is NC(=O)c1cccc2c1c1ccc(-c3ccccc3)cc1n2Cc1ccoc1. The molecule has 0 unspecified atom stereocenters. The number of fused-ring (bicyclic) bond motifs is 3. The van der Waals surface area contributed by atoms with E-state index in [0.717, 1.165) is 38.5 Å². The van der Waals surface area contributed by atoms with E-state index in [1.165, 1.54) is 0 Å². The molecule has 4 heteroatoms. The number of aromatic nitrogens is 1. The van der Waals surface area contributed by atoms with Crippen molar-refractivity contribution in [3.63, 3.8) is 0 Å². The maximum absolute atomic E-state index is 12.1. The summed E-state index contributed by atoms with van der Waals surface area (Å²) in [5, 5.41) is 1.92. The number of benzene rings is 3. The quantitative estimate of drug-likeness (QED) is 0.475. The van der Waals surface area contributed by atoms with Gasteiger partial charge in [0.25, 0.3) is 0 Å². The molecule has 2 heterocycles. The highest BCUT2D eigenvalue weighted by Gasteiger charge is 2.17. The van der Waals surface area contributed by atoms with Gasteiger partial charge in [0, 0.05) is 21.9 Å². The van der Waals surface area contributed by atoms with Crippen LogP contribution >= 0.6 is 0 Å². The predicted molar refractivity (Wildman–Crippen MR) is 111 cm³/mol. The fourth-order valence-corrected chi connectivity index (χ4v) is 3.90. The number of furan rings is 1. The molecule has 0 spiro atoms. The van der Waals surface area contributed by atoms with E-state index in [1.54, 1.807) is 18.6 Å². The lowest BCUT2D eigenvalue weighted by Crippen LogP contribution is -2.11. The minimum absolute atomic E-state index is 0.417. The number of hydrogen-bond donors (Lipinski definition) is 1. The maximum atomic E-state index is 12.1. The Morgan fingerprint density at radius 2 is 1.75 bits per heavy atom. The van der Waals surface area contributed by atoms with E-state index in [9.17, 15) is 4.79 Å². The van der Waals surface area contributed by atoms with Crippen LogP contribution in [0.2, 0.25) is 0 Å². The van der Waals surface area contributed by atoms with Crippen molar-refractivity contribution in [2.45, 2.75) is 6.54 Å². The number of rotatable bonds is 4. The number of nitrogens with zero attached hydrogens (tertiary/aromatic N) is 1. The van der Waals surface area contributed by atoms with Crippen molar-refractivity contribution < 1.29 is 9.21 Å². The zero-order valence-electron chi connectivity index (χ0n) is 15.1. The molecule has 0 radical (unpaired) electrons. The molecule has 0 saturated carbocycles. The molecule has 1 amide bonds. The van der Waals surface area contributed by atoms with Gasteiger partial charge in [0.2, 0.25) is 5.91 Å². The van der Waals surface area contributed by atoms with Gasteiger partial charge in [-0.2, -0.15) is 0 Å². The third-order valence-corrected chi connectivity index (χ3v) is 5.18. The molecule has 4 nitrogen and oxygen atoms in total. The highest BCUT2D eigenvalue weighted by molar-refractivity contribution is 6.18. The highest BCUT2D eigenvalue weighted by Crippen LogP contribution is 2.35. The first-order chi connectivity index (χ1) is 13.7. The molecular formula is C24H18N2O2. The second-order valence-electron chi connectivity index (χ2n) is 6.88. The average Bonchev–Trinajstić information content (AvgIpc) is 3.35. The Morgan fingerprint density at radius 1 is 0.893 bits per heavy atom. The summed E-state index contributed by atoms with van der Waals surface area (Å²) < 4.78 is 7.47. The van der Waals surface area contributed by atoms with Gasteiger partial charge < -0.3 is 14.7 Å². The summed E-state index contributed by atoms with van der Waals surface area (Å²) in [6, 6.07) is 24.3. The first-order valence-corrected chi connectivity index (χ1v) is 9.13. The van der Waals surface area contributed by atoms with Gasteiger partial charge in [-0.1, -0.05) is 48.5 Å². The standard InChI is InChI=1S/C24H18N2O2/c25-24(27)20-7-4-8-21-23(20)19-10-9-18(17-5-2-1-3-6-17)13-22(19)26(21)14-16-11-12-28-15-16/h1-13,15H,14H2,(H2,25,27). The van der Waals surface area contributed by atoms with Crippen LogP contribution in [0.15, 0.2) is 89.7 Å². The van der Waals surface area contributed by atoms with E-state index < -0.39 is 5.91 Å². The Morgan fingerprint density at radius 3 is 2.50 bits per heavy atom. The third-order valence-electron chi connectivity index (χ3n) is 5.18. The summed E-state index contributed by atoms with van der Waals surface area (Å²) in [4.78, 5) is 12.1. The molecule has 2 N–H and O–H groups in total. The van der Waals surface area contributed by atoms with E-state index in [4.69, 9.17) is 10.2 Å². The van der Waals surface area contributed by atoms with Gasteiger partial charge >= 0.3 is 0 Å². The van der Waals surface area contributed by atoms with Gasteiger partial charge in [-0.05, 0) is 35.4 Å². The normalized spacial score (nSPS) is 11.3. The molecule has 0 bridgehead atoms. The fraction of sp³-hybridized carbons (Fsp3) is 0.0417. The van der Waals surface area contributed by atoms with Crippen molar-refractivity contribution in [2.75, 3.05) is 0 Å². The molecule has 0 aliphatic carbocycles. The van der Waals surface area contributed by atoms with E-state index in [1.807, 2.05) is 36.4 Å². The molecular weight excluding hydrogens is 348 g/mol. The van der Waals surface area contributed by atoms with Crippen LogP contribution in [0.25, 0.3) is 32.9 Å². The van der Waals surface area contributed by atoms with Crippen molar-refractivity contribution in [1.29, 1.82) is 0 Å². The summed E-state index contributed by atoms with van der Waals surface area (Å²) in [7, 11) is 0. The first-order valence-electron chi connectivity index (χ1n) is 9.13. The van der Waals surface area contributed by atoms with Crippen LogP contribution in [0.3, 0.4) is 0 Å². The van der Waals surface area contributed by atoms with E-state index in [0.29, 0.717) is 12.1 Å². The lowest BCUT2D eigenvalue weighted by Gasteiger charge is -2.07. The van der Waals surface area contributed by atoms with E-state index in [2.05, 4.69) is 34.9 Å². The largest absolute Gasteiger partial charge is 0.472 e. The molecule has 2 aromatic heterocycles. The van der Waals surface area contributed by atoms with Crippen LogP contribution < -0.4 is 5.73 Å². The summed E-state index contributed by atoms with van der Waals surface area (Å²) in [5.74, 6) is -0.417. The van der Waals surface area contributed by atoms with Crippen LogP contribution in [0.1, 0.15) is 15.9 Å². The number of carbonyl (C=O) groups excluding carboxylic acids is 1. The molecule has 3 aromatic carbocycles. The molecule has 28 heavy (non-hydrogen) atoms. The average molecular weight is 366 g/mol. The lowest BCUT2D eigenvalue weighted by molar-refractivity contribution is 0.100. The Bertz CT molecular complexity index is 1300. The van der Waals surface area contributed by atoms with E-state index >= 15 is 0 Å². The summed E-state index contributed by atoms with van der Waals surface area (Å²) in [6.45, 7) is 0.650. The number of carbonyl (C=O) groups is 1. The van der Waals surface area contributed by atoms with E-state index in [-0.39, 0.29) is 0 Å². The van der Waals surface area contributed by atoms with Crippen molar-refractivity contribution in [2.24, 2.45) is 5.73 Å². The van der Waals surface area contributed by atoms with Crippen molar-refractivity contribution in [3.05, 3.63) is 96.4 Å². The van der Waals surface area contributed by atoms with Gasteiger partial charge in [-0.25, -0.2) is 0 Å². The minimum atomic E-state index is -0.417. The lowest BCUT2D eigenvalue weighted by atomic mass is 10.0. The molecule has 0 saturated heterocycles. The smallest absolute Gasteiger partial charge is 0.249 e. The molecule has 0 aliphatic rings.